The summed E-state index contributed by atoms with van der Waals surface area (Å²) in [5.41, 5.74) is -1.02. The number of aromatic nitrogens is 4. The summed E-state index contributed by atoms with van der Waals surface area (Å²) in [6.45, 7) is 0. The van der Waals surface area contributed by atoms with E-state index in [1.54, 1.807) is 30.3 Å². The molecule has 27 heavy (non-hydrogen) atoms. The number of nitro benzene ring substituents is 2. The summed E-state index contributed by atoms with van der Waals surface area (Å²) in [6.07, 6.45) is 0. The number of para-hydroxylation sites is 1. The minimum Gasteiger partial charge on any atom is -0.258 e. The molecule has 0 N–H and O–H groups in total. The van der Waals surface area contributed by atoms with E-state index >= 15 is 0 Å². The van der Waals surface area contributed by atoms with Crippen molar-refractivity contribution in [2.24, 2.45) is 0 Å². The van der Waals surface area contributed by atoms with Crippen LogP contribution in [0.4, 0.5) is 11.4 Å². The van der Waals surface area contributed by atoms with E-state index in [-0.39, 0.29) is 16.0 Å². The van der Waals surface area contributed by atoms with E-state index in [1.165, 1.54) is 0 Å². The summed E-state index contributed by atoms with van der Waals surface area (Å²) in [5.74, 6) is 0. The summed E-state index contributed by atoms with van der Waals surface area (Å²) >= 11 is 0. The van der Waals surface area contributed by atoms with Crippen molar-refractivity contribution in [3.8, 4) is 5.69 Å². The highest BCUT2D eigenvalue weighted by Gasteiger charge is 2.31. The standard InChI is InChI=1S/C13H8N6O6S2/c20-18(21)10-6-7-12(11(8-10)19(22)23)27(24,25)26-13-14-15-16-17(13)9-4-2-1-3-5-9/h1-8H. The summed E-state index contributed by atoms with van der Waals surface area (Å²) in [6, 6.07) is 10.7. The van der Waals surface area contributed by atoms with Crippen LogP contribution in [0.5, 0.6) is 0 Å². The minimum absolute atomic E-state index is 0.145. The maximum absolute atomic E-state index is 12.7. The Morgan fingerprint density at radius 3 is 2.33 bits per heavy atom. The second-order valence-corrected chi connectivity index (χ2v) is 8.61. The van der Waals surface area contributed by atoms with E-state index in [9.17, 15) is 28.6 Å². The fourth-order valence-corrected chi connectivity index (χ4v) is 4.86. The maximum Gasteiger partial charge on any atom is 0.295 e. The van der Waals surface area contributed by atoms with Crippen molar-refractivity contribution >= 4 is 31.0 Å². The van der Waals surface area contributed by atoms with Gasteiger partial charge < -0.3 is 0 Å². The molecule has 0 radical (unpaired) electrons. The molecule has 3 aromatic rings. The Morgan fingerprint density at radius 1 is 1.00 bits per heavy atom. The number of nitrogens with zero attached hydrogens (tertiary/aromatic N) is 6. The van der Waals surface area contributed by atoms with Crippen molar-refractivity contribution in [2.45, 2.75) is 10.1 Å². The van der Waals surface area contributed by atoms with Crippen molar-refractivity contribution in [1.82, 2.24) is 20.2 Å². The first kappa shape index (κ1) is 18.4. The number of hydrogen-bond acceptors (Lipinski definition) is 10. The van der Waals surface area contributed by atoms with E-state index in [0.717, 1.165) is 16.8 Å². The predicted octanol–water partition coefficient (Wildman–Crippen LogP) is 1.96. The van der Waals surface area contributed by atoms with Gasteiger partial charge in [-0.2, -0.15) is 4.68 Å². The molecule has 1 heterocycles. The molecule has 138 valence electrons. The molecule has 14 heteroatoms. The van der Waals surface area contributed by atoms with Gasteiger partial charge in [0, 0.05) is 6.07 Å². The van der Waals surface area contributed by atoms with Crippen LogP contribution in [0, 0.1) is 20.2 Å². The number of non-ortho nitro benzene ring substituents is 1. The Labute approximate surface area is 154 Å². The Kier molecular flexibility index (Phi) is 4.83. The zero-order valence-corrected chi connectivity index (χ0v) is 14.7. The number of rotatable bonds is 6. The van der Waals surface area contributed by atoms with E-state index < -0.39 is 35.0 Å². The van der Waals surface area contributed by atoms with Gasteiger partial charge in [0.05, 0.1) is 32.4 Å². The monoisotopic (exact) mass is 408 g/mol. The van der Waals surface area contributed by atoms with Gasteiger partial charge in [-0.1, -0.05) is 18.2 Å². The van der Waals surface area contributed by atoms with E-state index in [4.69, 9.17) is 0 Å². The Morgan fingerprint density at radius 2 is 1.70 bits per heavy atom. The fourth-order valence-electron chi connectivity index (χ4n) is 2.08. The number of hydrogen-bond donors (Lipinski definition) is 0. The molecule has 2 aromatic carbocycles. The molecule has 0 amide bonds. The van der Waals surface area contributed by atoms with E-state index in [2.05, 4.69) is 15.5 Å². The molecule has 0 saturated carbocycles. The zero-order chi connectivity index (χ0) is 19.6. The number of benzene rings is 2. The van der Waals surface area contributed by atoms with Crippen LogP contribution in [0.25, 0.3) is 5.69 Å². The topological polar surface area (TPSA) is 164 Å². The van der Waals surface area contributed by atoms with E-state index in [1.807, 2.05) is 0 Å². The molecule has 0 aliphatic carbocycles. The van der Waals surface area contributed by atoms with Crippen LogP contribution in [-0.4, -0.2) is 38.5 Å². The van der Waals surface area contributed by atoms with Crippen LogP contribution in [0.3, 0.4) is 0 Å². The second kappa shape index (κ2) is 7.08. The molecular formula is C13H8N6O6S2. The van der Waals surface area contributed by atoms with Crippen molar-refractivity contribution in [2.75, 3.05) is 0 Å². The number of tetrazole rings is 1. The molecule has 0 atom stereocenters. The average molecular weight is 408 g/mol. The summed E-state index contributed by atoms with van der Waals surface area (Å²) in [5, 5.41) is 32.6. The van der Waals surface area contributed by atoms with Gasteiger partial charge in [-0.15, -0.1) is 5.10 Å². The van der Waals surface area contributed by atoms with Crippen molar-refractivity contribution < 1.29 is 18.3 Å². The van der Waals surface area contributed by atoms with Gasteiger partial charge >= 0.3 is 0 Å². The summed E-state index contributed by atoms with van der Waals surface area (Å²) < 4.78 is 26.5. The first-order valence-electron chi connectivity index (χ1n) is 7.01. The van der Waals surface area contributed by atoms with Gasteiger partial charge in [-0.3, -0.25) is 20.2 Å². The maximum atomic E-state index is 12.7. The molecule has 0 unspecified atom stereocenters. The molecule has 0 aliphatic heterocycles. The van der Waals surface area contributed by atoms with Crippen LogP contribution in [-0.2, 0) is 8.87 Å². The highest BCUT2D eigenvalue weighted by atomic mass is 33.1. The minimum atomic E-state index is -4.34. The van der Waals surface area contributed by atoms with Crippen LogP contribution < -0.4 is 0 Å². The lowest BCUT2D eigenvalue weighted by Gasteiger charge is -2.05. The quantitative estimate of drug-likeness (QED) is 0.334. The molecular weight excluding hydrogens is 400 g/mol. The predicted molar refractivity (Wildman–Crippen MR) is 91.9 cm³/mol. The average Bonchev–Trinajstić information content (AvgIpc) is 3.09. The van der Waals surface area contributed by atoms with Crippen LogP contribution in [0.15, 0.2) is 58.6 Å². The first-order chi connectivity index (χ1) is 12.8. The van der Waals surface area contributed by atoms with Crippen LogP contribution in [0.1, 0.15) is 0 Å². The fraction of sp³-hybridized carbons (Fsp3) is 0. The SMILES string of the molecule is O=[N+]([O-])c1ccc(S(=O)(=O)Sc2nnnn2-c2ccccc2)c([N+](=O)[O-])c1. The number of nitro groups is 2. The molecule has 0 bridgehead atoms. The first-order valence-corrected chi connectivity index (χ1v) is 9.82. The third-order valence-electron chi connectivity index (χ3n) is 3.25. The Balaban J connectivity index is 2.03. The Bertz CT molecular complexity index is 1130. The van der Waals surface area contributed by atoms with Gasteiger partial charge in [0.1, 0.15) is 0 Å². The Hall–Kier alpha value is -3.39. The third-order valence-corrected chi connectivity index (χ3v) is 6.40. The molecule has 0 fully saturated rings. The van der Waals surface area contributed by atoms with Gasteiger partial charge in [0.15, 0.2) is 4.90 Å². The van der Waals surface area contributed by atoms with Gasteiger partial charge in [-0.25, -0.2) is 8.42 Å². The van der Waals surface area contributed by atoms with Crippen molar-refractivity contribution in [1.29, 1.82) is 0 Å². The third kappa shape index (κ3) is 3.75. The summed E-state index contributed by atoms with van der Waals surface area (Å²) in [7, 11) is -4.15. The molecule has 0 aliphatic rings. The van der Waals surface area contributed by atoms with Gasteiger partial charge in [0.2, 0.25) is 14.0 Å². The normalized spacial score (nSPS) is 11.3. The highest BCUT2D eigenvalue weighted by molar-refractivity contribution is 8.72. The van der Waals surface area contributed by atoms with Crippen LogP contribution >= 0.6 is 10.8 Å². The van der Waals surface area contributed by atoms with Crippen LogP contribution in [0.2, 0.25) is 0 Å². The molecule has 1 aromatic heterocycles. The molecule has 3 rings (SSSR count). The molecule has 12 nitrogen and oxygen atoms in total. The van der Waals surface area contributed by atoms with Crippen molar-refractivity contribution in [3.63, 3.8) is 0 Å². The lowest BCUT2D eigenvalue weighted by Crippen LogP contribution is -2.05. The smallest absolute Gasteiger partial charge is 0.258 e. The van der Waals surface area contributed by atoms with E-state index in [0.29, 0.717) is 11.8 Å². The highest BCUT2D eigenvalue weighted by Crippen LogP contribution is 2.36. The van der Waals surface area contributed by atoms with Crippen molar-refractivity contribution in [3.05, 3.63) is 68.8 Å². The van der Waals surface area contributed by atoms with Gasteiger partial charge in [0.25, 0.3) is 11.4 Å². The van der Waals surface area contributed by atoms with Gasteiger partial charge in [-0.05, 0) is 28.6 Å². The zero-order valence-electron chi connectivity index (χ0n) is 13.1. The summed E-state index contributed by atoms with van der Waals surface area (Å²) in [4.78, 5) is 19.4. The molecule has 0 saturated heterocycles. The molecule has 0 spiro atoms. The second-order valence-electron chi connectivity index (χ2n) is 4.91. The largest absolute Gasteiger partial charge is 0.295 e. The lowest BCUT2D eigenvalue weighted by molar-refractivity contribution is -0.396. The lowest BCUT2D eigenvalue weighted by atomic mass is 10.3.